The van der Waals surface area contributed by atoms with Crippen molar-refractivity contribution >= 4 is 27.4 Å². The fraction of sp³-hybridized carbons (Fsp3) is 0.250. The molecule has 1 aromatic carbocycles. The Balaban J connectivity index is 2.35. The second-order valence-electron chi connectivity index (χ2n) is 3.88. The molecule has 1 aromatic heterocycles. The van der Waals surface area contributed by atoms with E-state index in [4.69, 9.17) is 5.11 Å². The quantitative estimate of drug-likeness (QED) is 0.861. The number of rotatable bonds is 3. The van der Waals surface area contributed by atoms with Gasteiger partial charge in [-0.2, -0.15) is 0 Å². The van der Waals surface area contributed by atoms with Gasteiger partial charge in [-0.3, -0.25) is 4.79 Å². The maximum absolute atomic E-state index is 10.8. The second-order valence-corrected chi connectivity index (χ2v) is 4.80. The number of phenols is 1. The molecule has 0 aliphatic rings. The van der Waals surface area contributed by atoms with Crippen molar-refractivity contribution in [3.8, 4) is 5.75 Å². The number of carboxylic acids is 1. The highest BCUT2D eigenvalue weighted by molar-refractivity contribution is 7.17. The Morgan fingerprint density at radius 3 is 2.94 bits per heavy atom. The first-order valence-electron chi connectivity index (χ1n) is 5.00. The maximum atomic E-state index is 10.8. The van der Waals surface area contributed by atoms with Gasteiger partial charge in [0.1, 0.15) is 5.75 Å². The number of thiophene rings is 1. The van der Waals surface area contributed by atoms with Crippen LogP contribution in [-0.4, -0.2) is 16.2 Å². The molecule has 0 radical (unpaired) electrons. The molecule has 0 saturated heterocycles. The third-order valence-electron chi connectivity index (χ3n) is 2.59. The van der Waals surface area contributed by atoms with Gasteiger partial charge in [0, 0.05) is 4.70 Å². The summed E-state index contributed by atoms with van der Waals surface area (Å²) in [7, 11) is 0. The Kier molecular flexibility index (Phi) is 2.83. The van der Waals surface area contributed by atoms with E-state index in [1.807, 2.05) is 11.4 Å². The number of phenolic OH excluding ortho intramolecular Hbond substituents is 1. The molecule has 0 aliphatic heterocycles. The fourth-order valence-electron chi connectivity index (χ4n) is 1.65. The molecule has 1 heterocycles. The predicted octanol–water partition coefficient (Wildman–Crippen LogP) is 2.87. The van der Waals surface area contributed by atoms with Crippen LogP contribution in [0.25, 0.3) is 10.1 Å². The lowest BCUT2D eigenvalue weighted by Gasteiger charge is -2.04. The highest BCUT2D eigenvalue weighted by Gasteiger charge is 2.14. The van der Waals surface area contributed by atoms with Gasteiger partial charge in [-0.25, -0.2) is 0 Å². The Hall–Kier alpha value is -1.55. The Morgan fingerprint density at radius 2 is 2.25 bits per heavy atom. The highest BCUT2D eigenvalue weighted by atomic mass is 32.1. The van der Waals surface area contributed by atoms with Gasteiger partial charge in [0.05, 0.1) is 5.92 Å². The van der Waals surface area contributed by atoms with Crippen LogP contribution < -0.4 is 0 Å². The minimum atomic E-state index is -0.780. The van der Waals surface area contributed by atoms with Gasteiger partial charge >= 0.3 is 5.97 Å². The Labute approximate surface area is 97.0 Å². The van der Waals surface area contributed by atoms with E-state index < -0.39 is 5.97 Å². The first-order valence-corrected chi connectivity index (χ1v) is 5.88. The normalized spacial score (nSPS) is 12.8. The van der Waals surface area contributed by atoms with Crippen LogP contribution in [0.2, 0.25) is 0 Å². The second kappa shape index (κ2) is 4.14. The van der Waals surface area contributed by atoms with Crippen molar-refractivity contribution in [2.45, 2.75) is 13.3 Å². The summed E-state index contributed by atoms with van der Waals surface area (Å²) in [4.78, 5) is 10.8. The summed E-state index contributed by atoms with van der Waals surface area (Å²) in [5, 5.41) is 21.2. The summed E-state index contributed by atoms with van der Waals surface area (Å²) in [5.74, 6) is -0.920. The fourth-order valence-corrected chi connectivity index (χ4v) is 2.65. The molecule has 0 amide bonds. The molecule has 0 bridgehead atoms. The molecule has 2 aromatic rings. The van der Waals surface area contributed by atoms with Crippen molar-refractivity contribution in [2.24, 2.45) is 5.92 Å². The van der Waals surface area contributed by atoms with Crippen LogP contribution in [0.15, 0.2) is 23.6 Å². The van der Waals surface area contributed by atoms with E-state index in [1.165, 1.54) is 11.3 Å². The minimum absolute atomic E-state index is 0.243. The van der Waals surface area contributed by atoms with E-state index in [2.05, 4.69) is 0 Å². The third-order valence-corrected chi connectivity index (χ3v) is 3.58. The number of aromatic hydroxyl groups is 1. The van der Waals surface area contributed by atoms with Crippen molar-refractivity contribution in [1.29, 1.82) is 0 Å². The van der Waals surface area contributed by atoms with Crippen LogP contribution in [0.3, 0.4) is 0 Å². The lowest BCUT2D eigenvalue weighted by atomic mass is 10.0. The summed E-state index contributed by atoms with van der Waals surface area (Å²) in [5.41, 5.74) is 1.04. The van der Waals surface area contributed by atoms with Crippen molar-refractivity contribution < 1.29 is 15.0 Å². The first kappa shape index (κ1) is 11.0. The highest BCUT2D eigenvalue weighted by Crippen LogP contribution is 2.30. The number of benzene rings is 1. The first-order chi connectivity index (χ1) is 7.58. The van der Waals surface area contributed by atoms with Crippen LogP contribution in [0, 0.1) is 5.92 Å². The number of hydrogen-bond acceptors (Lipinski definition) is 3. The lowest BCUT2D eigenvalue weighted by molar-refractivity contribution is -0.141. The SMILES string of the molecule is CC(Cc1csc2cc(O)ccc12)C(=O)O. The number of carbonyl (C=O) groups is 1. The van der Waals surface area contributed by atoms with E-state index in [0.29, 0.717) is 6.42 Å². The Bertz CT molecular complexity index is 530. The van der Waals surface area contributed by atoms with E-state index in [-0.39, 0.29) is 11.7 Å². The van der Waals surface area contributed by atoms with Gasteiger partial charge in [0.2, 0.25) is 0 Å². The number of hydrogen-bond donors (Lipinski definition) is 2. The molecule has 3 nitrogen and oxygen atoms in total. The van der Waals surface area contributed by atoms with Gasteiger partial charge < -0.3 is 10.2 Å². The van der Waals surface area contributed by atoms with Crippen molar-refractivity contribution in [1.82, 2.24) is 0 Å². The average Bonchev–Trinajstić information content (AvgIpc) is 2.60. The third kappa shape index (κ3) is 2.02. The van der Waals surface area contributed by atoms with Crippen LogP contribution in [0.1, 0.15) is 12.5 Å². The van der Waals surface area contributed by atoms with E-state index in [9.17, 15) is 9.90 Å². The zero-order valence-corrected chi connectivity index (χ0v) is 9.62. The van der Waals surface area contributed by atoms with E-state index in [0.717, 1.165) is 15.6 Å². The molecule has 16 heavy (non-hydrogen) atoms. The largest absolute Gasteiger partial charge is 0.508 e. The van der Waals surface area contributed by atoms with Gasteiger partial charge in [-0.1, -0.05) is 6.92 Å². The molecule has 1 atom stereocenters. The molecular formula is C12H12O3S. The number of aliphatic carboxylic acids is 1. The predicted molar refractivity (Wildman–Crippen MR) is 64.0 cm³/mol. The van der Waals surface area contributed by atoms with Crippen LogP contribution in [0.4, 0.5) is 0 Å². The van der Waals surface area contributed by atoms with Crippen molar-refractivity contribution in [2.75, 3.05) is 0 Å². The standard InChI is InChI=1S/C12H12O3S/c1-7(12(14)15)4-8-6-16-11-5-9(13)2-3-10(8)11/h2-3,5-7,13H,4H2,1H3,(H,14,15). The molecule has 0 aliphatic carbocycles. The molecule has 2 N–H and O–H groups in total. The molecule has 4 heteroatoms. The summed E-state index contributed by atoms with van der Waals surface area (Å²) in [6.45, 7) is 1.70. The number of fused-ring (bicyclic) bond motifs is 1. The topological polar surface area (TPSA) is 57.5 Å². The van der Waals surface area contributed by atoms with Gasteiger partial charge in [-0.05, 0) is 40.9 Å². The monoisotopic (exact) mass is 236 g/mol. The molecule has 2 rings (SSSR count). The molecular weight excluding hydrogens is 224 g/mol. The zero-order valence-electron chi connectivity index (χ0n) is 8.80. The zero-order chi connectivity index (χ0) is 11.7. The van der Waals surface area contributed by atoms with Crippen LogP contribution in [0.5, 0.6) is 5.75 Å². The molecule has 0 saturated carbocycles. The number of carboxylic acid groups (broad SMARTS) is 1. The van der Waals surface area contributed by atoms with Crippen LogP contribution in [-0.2, 0) is 11.2 Å². The summed E-state index contributed by atoms with van der Waals surface area (Å²) in [6, 6.07) is 5.17. The average molecular weight is 236 g/mol. The summed E-state index contributed by atoms with van der Waals surface area (Å²) >= 11 is 1.53. The minimum Gasteiger partial charge on any atom is -0.508 e. The van der Waals surface area contributed by atoms with Gasteiger partial charge in [0.25, 0.3) is 0 Å². The summed E-state index contributed by atoms with van der Waals surface area (Å²) in [6.07, 6.45) is 0.528. The Morgan fingerprint density at radius 1 is 1.50 bits per heavy atom. The molecule has 0 spiro atoms. The van der Waals surface area contributed by atoms with Gasteiger partial charge in [0.15, 0.2) is 0 Å². The summed E-state index contributed by atoms with van der Waals surface area (Å²) < 4.78 is 0.993. The molecule has 1 unspecified atom stereocenters. The van der Waals surface area contributed by atoms with Gasteiger partial charge in [-0.15, -0.1) is 11.3 Å². The van der Waals surface area contributed by atoms with E-state index >= 15 is 0 Å². The van der Waals surface area contributed by atoms with Crippen LogP contribution >= 0.6 is 11.3 Å². The van der Waals surface area contributed by atoms with E-state index in [1.54, 1.807) is 19.1 Å². The smallest absolute Gasteiger partial charge is 0.306 e. The lowest BCUT2D eigenvalue weighted by Crippen LogP contribution is -2.11. The van der Waals surface area contributed by atoms with Crippen molar-refractivity contribution in [3.63, 3.8) is 0 Å². The maximum Gasteiger partial charge on any atom is 0.306 e. The molecule has 84 valence electrons. The van der Waals surface area contributed by atoms with Crippen molar-refractivity contribution in [3.05, 3.63) is 29.1 Å². The molecule has 0 fully saturated rings.